The molecule has 0 aliphatic carbocycles. The minimum Gasteiger partial charge on any atom is -0.507 e. The lowest BCUT2D eigenvalue weighted by atomic mass is 10.1. The fourth-order valence-corrected chi connectivity index (χ4v) is 3.38. The summed E-state index contributed by atoms with van der Waals surface area (Å²) < 4.78 is 11.4. The number of halogens is 1. The van der Waals surface area contributed by atoms with Crippen LogP contribution < -0.4 is 10.1 Å². The van der Waals surface area contributed by atoms with E-state index >= 15 is 0 Å². The number of aromatic hydroxyl groups is 1. The fraction of sp³-hybridized carbons (Fsp3) is 0.167. The predicted molar refractivity (Wildman–Crippen MR) is 121 cm³/mol. The van der Waals surface area contributed by atoms with Gasteiger partial charge in [-0.15, -0.1) is 0 Å². The maximum atomic E-state index is 12.4. The van der Waals surface area contributed by atoms with E-state index in [1.807, 2.05) is 39.0 Å². The SMILES string of the molecule is Cc1ccc2oc(-c3cc(NC(=O)COc4cc(C)c(Cl)c(C)c4)ccc3O)nc2c1. The highest BCUT2D eigenvalue weighted by molar-refractivity contribution is 6.32. The van der Waals surface area contributed by atoms with Crippen molar-refractivity contribution in [3.05, 3.63) is 70.2 Å². The number of hydrogen-bond donors (Lipinski definition) is 2. The summed E-state index contributed by atoms with van der Waals surface area (Å²) in [7, 11) is 0. The molecule has 6 nitrogen and oxygen atoms in total. The molecule has 3 aromatic carbocycles. The average Bonchev–Trinajstić information content (AvgIpc) is 3.14. The van der Waals surface area contributed by atoms with E-state index in [9.17, 15) is 9.90 Å². The smallest absolute Gasteiger partial charge is 0.262 e. The first-order valence-electron chi connectivity index (χ1n) is 9.70. The predicted octanol–water partition coefficient (Wildman–Crippen LogP) is 5.80. The van der Waals surface area contributed by atoms with Crippen LogP contribution in [-0.2, 0) is 4.79 Å². The number of aromatic nitrogens is 1. The summed E-state index contributed by atoms with van der Waals surface area (Å²) in [5.41, 5.74) is 5.02. The van der Waals surface area contributed by atoms with Crippen LogP contribution in [0, 0.1) is 20.8 Å². The quantitative estimate of drug-likeness (QED) is 0.386. The zero-order chi connectivity index (χ0) is 22.1. The number of anilines is 1. The van der Waals surface area contributed by atoms with Gasteiger partial charge in [-0.05, 0) is 79.9 Å². The minimum atomic E-state index is -0.338. The number of fused-ring (bicyclic) bond motifs is 1. The van der Waals surface area contributed by atoms with Crippen molar-refractivity contribution in [2.24, 2.45) is 0 Å². The highest BCUT2D eigenvalue weighted by atomic mass is 35.5. The molecule has 2 N–H and O–H groups in total. The van der Waals surface area contributed by atoms with Gasteiger partial charge in [-0.1, -0.05) is 17.7 Å². The molecule has 0 radical (unpaired) electrons. The first-order valence-corrected chi connectivity index (χ1v) is 10.1. The van der Waals surface area contributed by atoms with Crippen LogP contribution in [0.2, 0.25) is 5.02 Å². The summed E-state index contributed by atoms with van der Waals surface area (Å²) in [6, 6.07) is 13.9. The molecule has 31 heavy (non-hydrogen) atoms. The molecule has 4 aromatic rings. The fourth-order valence-electron chi connectivity index (χ4n) is 3.27. The Kier molecular flexibility index (Phi) is 5.57. The largest absolute Gasteiger partial charge is 0.507 e. The zero-order valence-electron chi connectivity index (χ0n) is 17.3. The van der Waals surface area contributed by atoms with E-state index in [-0.39, 0.29) is 24.2 Å². The van der Waals surface area contributed by atoms with Gasteiger partial charge in [0.05, 0.1) is 5.56 Å². The Morgan fingerprint density at radius 3 is 2.58 bits per heavy atom. The Labute approximate surface area is 184 Å². The molecular weight excluding hydrogens is 416 g/mol. The molecule has 0 atom stereocenters. The van der Waals surface area contributed by atoms with Gasteiger partial charge in [-0.3, -0.25) is 4.79 Å². The van der Waals surface area contributed by atoms with Gasteiger partial charge in [0.15, 0.2) is 12.2 Å². The van der Waals surface area contributed by atoms with Gasteiger partial charge >= 0.3 is 0 Å². The molecular formula is C24H21ClN2O4. The van der Waals surface area contributed by atoms with Crippen molar-refractivity contribution in [2.75, 3.05) is 11.9 Å². The van der Waals surface area contributed by atoms with Crippen LogP contribution in [0.25, 0.3) is 22.6 Å². The lowest BCUT2D eigenvalue weighted by molar-refractivity contribution is -0.118. The molecule has 4 rings (SSSR count). The van der Waals surface area contributed by atoms with E-state index in [4.69, 9.17) is 20.8 Å². The number of carbonyl (C=O) groups is 1. The average molecular weight is 437 g/mol. The van der Waals surface area contributed by atoms with Crippen molar-refractivity contribution in [2.45, 2.75) is 20.8 Å². The molecule has 0 unspecified atom stereocenters. The van der Waals surface area contributed by atoms with Gasteiger partial charge in [0, 0.05) is 10.7 Å². The number of ether oxygens (including phenoxy) is 1. The van der Waals surface area contributed by atoms with E-state index < -0.39 is 0 Å². The molecule has 0 aliphatic heterocycles. The number of amides is 1. The van der Waals surface area contributed by atoms with Crippen LogP contribution in [0.1, 0.15) is 16.7 Å². The molecule has 0 aliphatic rings. The maximum Gasteiger partial charge on any atom is 0.262 e. The first-order chi connectivity index (χ1) is 14.8. The van der Waals surface area contributed by atoms with Crippen molar-refractivity contribution in [3.63, 3.8) is 0 Å². The molecule has 1 heterocycles. The number of phenolic OH excluding ortho intramolecular Hbond substituents is 1. The van der Waals surface area contributed by atoms with Crippen LogP contribution in [0.5, 0.6) is 11.5 Å². The van der Waals surface area contributed by atoms with Crippen LogP contribution in [-0.4, -0.2) is 22.6 Å². The van der Waals surface area contributed by atoms with Crippen molar-refractivity contribution in [1.82, 2.24) is 4.98 Å². The summed E-state index contributed by atoms with van der Waals surface area (Å²) in [6.07, 6.45) is 0. The Hall–Kier alpha value is -3.51. The topological polar surface area (TPSA) is 84.6 Å². The second-order valence-corrected chi connectivity index (χ2v) is 7.81. The molecule has 1 aromatic heterocycles. The van der Waals surface area contributed by atoms with E-state index in [0.29, 0.717) is 33.1 Å². The molecule has 0 saturated heterocycles. The van der Waals surface area contributed by atoms with Crippen molar-refractivity contribution in [3.8, 4) is 23.0 Å². The van der Waals surface area contributed by atoms with Gasteiger partial charge in [-0.2, -0.15) is 0 Å². The third kappa shape index (κ3) is 4.49. The van der Waals surface area contributed by atoms with Crippen LogP contribution in [0.15, 0.2) is 52.9 Å². The lowest BCUT2D eigenvalue weighted by Crippen LogP contribution is -2.20. The van der Waals surface area contributed by atoms with Crippen LogP contribution in [0.4, 0.5) is 5.69 Å². The number of benzene rings is 3. The summed E-state index contributed by atoms with van der Waals surface area (Å²) in [6.45, 7) is 5.57. The summed E-state index contributed by atoms with van der Waals surface area (Å²) in [5.74, 6) is 0.514. The highest BCUT2D eigenvalue weighted by Gasteiger charge is 2.14. The van der Waals surface area contributed by atoms with Crippen LogP contribution in [0.3, 0.4) is 0 Å². The number of oxazole rings is 1. The number of phenols is 1. The third-order valence-corrected chi connectivity index (χ3v) is 5.43. The normalized spacial score (nSPS) is 11.0. The Morgan fingerprint density at radius 1 is 1.10 bits per heavy atom. The lowest BCUT2D eigenvalue weighted by Gasteiger charge is -2.11. The first kappa shape index (κ1) is 20.8. The summed E-state index contributed by atoms with van der Waals surface area (Å²) in [5, 5.41) is 13.7. The van der Waals surface area contributed by atoms with Gasteiger partial charge < -0.3 is 19.6 Å². The Bertz CT molecular complexity index is 1270. The van der Waals surface area contributed by atoms with Crippen LogP contribution >= 0.6 is 11.6 Å². The molecule has 0 saturated carbocycles. The Morgan fingerprint density at radius 2 is 1.84 bits per heavy atom. The number of aryl methyl sites for hydroxylation is 3. The number of nitrogens with one attached hydrogen (secondary N) is 1. The maximum absolute atomic E-state index is 12.4. The molecule has 0 bridgehead atoms. The number of rotatable bonds is 5. The zero-order valence-corrected chi connectivity index (χ0v) is 18.1. The Balaban J connectivity index is 1.49. The number of hydrogen-bond acceptors (Lipinski definition) is 5. The monoisotopic (exact) mass is 436 g/mol. The van der Waals surface area contributed by atoms with Crippen molar-refractivity contribution >= 4 is 34.3 Å². The number of carbonyl (C=O) groups excluding carboxylic acids is 1. The number of nitrogens with zero attached hydrogens (tertiary/aromatic N) is 1. The van der Waals surface area contributed by atoms with Crippen molar-refractivity contribution in [1.29, 1.82) is 0 Å². The second kappa shape index (κ2) is 8.32. The van der Waals surface area contributed by atoms with Gasteiger partial charge in [0.1, 0.15) is 17.0 Å². The van der Waals surface area contributed by atoms with Crippen molar-refractivity contribution < 1.29 is 19.1 Å². The van der Waals surface area contributed by atoms with E-state index in [0.717, 1.165) is 16.7 Å². The molecule has 7 heteroatoms. The molecule has 0 spiro atoms. The minimum absolute atomic E-state index is 0.00430. The van der Waals surface area contributed by atoms with E-state index in [1.54, 1.807) is 24.3 Å². The van der Waals surface area contributed by atoms with Gasteiger partial charge in [-0.25, -0.2) is 4.98 Å². The standard InChI is InChI=1S/C24H21ClN2O4/c1-13-4-7-21-19(8-13)27-24(31-21)18-11-16(5-6-20(18)28)26-22(29)12-30-17-9-14(2)23(25)15(3)10-17/h4-11,28H,12H2,1-3H3,(H,26,29). The molecule has 158 valence electrons. The van der Waals surface area contributed by atoms with Gasteiger partial charge in [0.25, 0.3) is 5.91 Å². The highest BCUT2D eigenvalue weighted by Crippen LogP contribution is 2.33. The third-order valence-electron chi connectivity index (χ3n) is 4.83. The van der Waals surface area contributed by atoms with E-state index in [1.165, 1.54) is 6.07 Å². The second-order valence-electron chi connectivity index (χ2n) is 7.43. The summed E-state index contributed by atoms with van der Waals surface area (Å²) in [4.78, 5) is 16.8. The molecule has 1 amide bonds. The molecule has 0 fully saturated rings. The summed E-state index contributed by atoms with van der Waals surface area (Å²) >= 11 is 6.16. The van der Waals surface area contributed by atoms with E-state index in [2.05, 4.69) is 10.3 Å². The van der Waals surface area contributed by atoms with Gasteiger partial charge in [0.2, 0.25) is 5.89 Å².